The van der Waals surface area contributed by atoms with Crippen LogP contribution in [0.25, 0.3) is 0 Å². The number of hydrogen-bond donors (Lipinski definition) is 0. The van der Waals surface area contributed by atoms with Gasteiger partial charge in [-0.1, -0.05) is 30.1 Å². The van der Waals surface area contributed by atoms with E-state index in [0.717, 1.165) is 54.5 Å². The van der Waals surface area contributed by atoms with Crippen molar-refractivity contribution in [2.24, 2.45) is 5.16 Å². The van der Waals surface area contributed by atoms with Gasteiger partial charge in [-0.25, -0.2) is 0 Å². The molecule has 0 bridgehead atoms. The first-order chi connectivity index (χ1) is 13.5. The van der Waals surface area contributed by atoms with E-state index in [2.05, 4.69) is 43.1 Å². The molecule has 0 aliphatic carbocycles. The molecular weight excluding hydrogens is 352 g/mol. The van der Waals surface area contributed by atoms with Gasteiger partial charge in [0.2, 0.25) is 0 Å². The van der Waals surface area contributed by atoms with Crippen molar-refractivity contribution in [1.82, 2.24) is 4.90 Å². The minimum Gasteiger partial charge on any atom is -0.493 e. The van der Waals surface area contributed by atoms with Gasteiger partial charge < -0.3 is 19.2 Å². The molecule has 1 aromatic carbocycles. The third-order valence-electron chi connectivity index (χ3n) is 4.44. The summed E-state index contributed by atoms with van der Waals surface area (Å²) in [4.78, 5) is 7.07. The highest BCUT2D eigenvalue weighted by Crippen LogP contribution is 2.28. The van der Waals surface area contributed by atoms with E-state index in [9.17, 15) is 0 Å². The number of hydrogen-bond acceptors (Lipinski definition) is 5. The summed E-state index contributed by atoms with van der Waals surface area (Å²) in [5, 5.41) is 3.95. The van der Waals surface area contributed by atoms with Crippen molar-refractivity contribution in [1.29, 1.82) is 0 Å². The lowest BCUT2D eigenvalue weighted by molar-refractivity contribution is 0.210. The number of aryl methyl sites for hydroxylation is 2. The van der Waals surface area contributed by atoms with Gasteiger partial charge in [0.05, 0.1) is 12.3 Å². The van der Waals surface area contributed by atoms with Gasteiger partial charge in [0.15, 0.2) is 0 Å². The normalized spacial score (nSPS) is 12.0. The second-order valence-corrected chi connectivity index (χ2v) is 7.28. The highest BCUT2D eigenvalue weighted by Gasteiger charge is 2.07. The largest absolute Gasteiger partial charge is 0.493 e. The Morgan fingerprint density at radius 1 is 1.07 bits per heavy atom. The van der Waals surface area contributed by atoms with E-state index in [0.29, 0.717) is 6.61 Å². The van der Waals surface area contributed by atoms with Crippen LogP contribution in [-0.4, -0.2) is 51.1 Å². The van der Waals surface area contributed by atoms with Crippen LogP contribution in [0.3, 0.4) is 0 Å². The van der Waals surface area contributed by atoms with Crippen molar-refractivity contribution in [2.45, 2.75) is 53.4 Å². The number of rotatable bonds is 14. The fourth-order valence-electron chi connectivity index (χ4n) is 3.13. The summed E-state index contributed by atoms with van der Waals surface area (Å²) in [7, 11) is 3.71. The van der Waals surface area contributed by atoms with Gasteiger partial charge in [0, 0.05) is 6.54 Å². The van der Waals surface area contributed by atoms with Crippen LogP contribution >= 0.6 is 0 Å². The topological polar surface area (TPSA) is 43.3 Å². The molecule has 0 aliphatic heterocycles. The zero-order valence-corrected chi connectivity index (χ0v) is 18.6. The van der Waals surface area contributed by atoms with Crippen molar-refractivity contribution < 1.29 is 14.3 Å². The lowest BCUT2D eigenvalue weighted by Gasteiger charge is -2.16. The highest BCUT2D eigenvalue weighted by atomic mass is 16.6. The van der Waals surface area contributed by atoms with Crippen LogP contribution in [0.5, 0.6) is 11.5 Å². The standard InChI is InChI=1S/C23H38N2O3/c1-7-8-14-27-22-16-19(2)23(20(3)17-22)28-15-12-10-9-11-13-25(5)18-21(4)24-26-6/h7-8,16-17H,9-15,18H2,1-6H3/b8-7+,24-21+. The molecule has 0 fully saturated rings. The number of allylic oxidation sites excluding steroid dienone is 1. The first-order valence-electron chi connectivity index (χ1n) is 10.2. The first kappa shape index (κ1) is 24.0. The molecule has 28 heavy (non-hydrogen) atoms. The minimum absolute atomic E-state index is 0.601. The Morgan fingerprint density at radius 3 is 2.39 bits per heavy atom. The minimum atomic E-state index is 0.601. The van der Waals surface area contributed by atoms with E-state index in [1.165, 1.54) is 19.3 Å². The van der Waals surface area contributed by atoms with Crippen molar-refractivity contribution in [3.63, 3.8) is 0 Å². The smallest absolute Gasteiger partial charge is 0.125 e. The van der Waals surface area contributed by atoms with E-state index in [4.69, 9.17) is 14.3 Å². The maximum Gasteiger partial charge on any atom is 0.125 e. The van der Waals surface area contributed by atoms with E-state index < -0.39 is 0 Å². The SMILES string of the molecule is C/C=C/COc1cc(C)c(OCCCCCCN(C)C/C(C)=N/OC)c(C)c1. The van der Waals surface area contributed by atoms with Gasteiger partial charge in [-0.15, -0.1) is 0 Å². The Hall–Kier alpha value is -2.01. The van der Waals surface area contributed by atoms with Crippen LogP contribution in [0, 0.1) is 13.8 Å². The number of oxime groups is 1. The molecule has 1 aromatic rings. The van der Waals surface area contributed by atoms with Crippen molar-refractivity contribution >= 4 is 5.71 Å². The maximum absolute atomic E-state index is 6.05. The quantitative estimate of drug-likeness (QED) is 0.191. The summed E-state index contributed by atoms with van der Waals surface area (Å²) in [5.41, 5.74) is 3.26. The lowest BCUT2D eigenvalue weighted by Crippen LogP contribution is -2.25. The molecule has 0 atom stereocenters. The summed E-state index contributed by atoms with van der Waals surface area (Å²) in [6.45, 7) is 11.4. The van der Waals surface area contributed by atoms with Gasteiger partial charge >= 0.3 is 0 Å². The van der Waals surface area contributed by atoms with E-state index in [1.807, 2.05) is 26.0 Å². The molecule has 0 radical (unpaired) electrons. The monoisotopic (exact) mass is 390 g/mol. The lowest BCUT2D eigenvalue weighted by atomic mass is 10.1. The zero-order chi connectivity index (χ0) is 20.8. The van der Waals surface area contributed by atoms with Crippen LogP contribution in [0.15, 0.2) is 29.4 Å². The molecule has 0 amide bonds. The van der Waals surface area contributed by atoms with E-state index in [-0.39, 0.29) is 0 Å². The second-order valence-electron chi connectivity index (χ2n) is 7.28. The average Bonchev–Trinajstić information content (AvgIpc) is 2.63. The molecule has 0 heterocycles. The summed E-state index contributed by atoms with van der Waals surface area (Å²) in [5.74, 6) is 1.89. The molecule has 0 saturated heterocycles. The van der Waals surface area contributed by atoms with Crippen LogP contribution in [0.4, 0.5) is 0 Å². The van der Waals surface area contributed by atoms with E-state index >= 15 is 0 Å². The fraction of sp³-hybridized carbons (Fsp3) is 0.609. The van der Waals surface area contributed by atoms with Gasteiger partial charge in [-0.3, -0.25) is 0 Å². The number of unbranched alkanes of at least 4 members (excludes halogenated alkanes) is 3. The number of nitrogens with zero attached hydrogens (tertiary/aromatic N) is 2. The molecule has 0 aromatic heterocycles. The van der Waals surface area contributed by atoms with Crippen molar-refractivity contribution in [3.05, 3.63) is 35.4 Å². The average molecular weight is 391 g/mol. The van der Waals surface area contributed by atoms with Crippen molar-refractivity contribution in [2.75, 3.05) is 40.5 Å². The van der Waals surface area contributed by atoms with Crippen LogP contribution in [-0.2, 0) is 4.84 Å². The fourth-order valence-corrected chi connectivity index (χ4v) is 3.13. The van der Waals surface area contributed by atoms with Crippen LogP contribution in [0.2, 0.25) is 0 Å². The van der Waals surface area contributed by atoms with Crippen LogP contribution < -0.4 is 9.47 Å². The third-order valence-corrected chi connectivity index (χ3v) is 4.44. The summed E-state index contributed by atoms with van der Waals surface area (Å²) < 4.78 is 11.8. The summed E-state index contributed by atoms with van der Waals surface area (Å²) in [6.07, 6.45) is 8.65. The molecule has 0 N–H and O–H groups in total. The van der Waals surface area contributed by atoms with Gasteiger partial charge in [0.1, 0.15) is 25.2 Å². The van der Waals surface area contributed by atoms with Gasteiger partial charge in [-0.2, -0.15) is 0 Å². The van der Waals surface area contributed by atoms with Crippen LogP contribution in [0.1, 0.15) is 50.7 Å². The molecule has 5 nitrogen and oxygen atoms in total. The number of benzene rings is 1. The molecule has 1 rings (SSSR count). The summed E-state index contributed by atoms with van der Waals surface area (Å²) in [6, 6.07) is 4.10. The van der Waals surface area contributed by atoms with E-state index in [1.54, 1.807) is 7.11 Å². The zero-order valence-electron chi connectivity index (χ0n) is 18.6. The van der Waals surface area contributed by atoms with Gasteiger partial charge in [0.25, 0.3) is 0 Å². The Kier molecular flexibility index (Phi) is 12.1. The molecular formula is C23H38N2O3. The highest BCUT2D eigenvalue weighted by molar-refractivity contribution is 5.83. The molecule has 158 valence electrons. The molecule has 5 heteroatoms. The predicted molar refractivity (Wildman–Crippen MR) is 118 cm³/mol. The number of ether oxygens (including phenoxy) is 2. The third kappa shape index (κ3) is 9.79. The Labute approximate surface area is 171 Å². The Morgan fingerprint density at radius 2 is 1.75 bits per heavy atom. The molecule has 0 spiro atoms. The second kappa shape index (κ2) is 14.1. The predicted octanol–water partition coefficient (Wildman–Crippen LogP) is 5.15. The molecule has 0 saturated carbocycles. The Balaban J connectivity index is 2.25. The first-order valence-corrected chi connectivity index (χ1v) is 10.2. The maximum atomic E-state index is 6.05. The van der Waals surface area contributed by atoms with Gasteiger partial charge in [-0.05, 0) is 77.4 Å². The Bertz CT molecular complexity index is 603. The molecule has 0 aliphatic rings. The molecule has 0 unspecified atom stereocenters. The van der Waals surface area contributed by atoms with Crippen molar-refractivity contribution in [3.8, 4) is 11.5 Å². The summed E-state index contributed by atoms with van der Waals surface area (Å²) >= 11 is 0.